The second-order valence-electron chi connectivity index (χ2n) is 9.03. The second-order valence-corrected chi connectivity index (χ2v) is 9.03. The van der Waals surface area contributed by atoms with E-state index in [-0.39, 0.29) is 5.91 Å². The van der Waals surface area contributed by atoms with Gasteiger partial charge in [0.2, 0.25) is 5.91 Å². The molecule has 160 valence electrons. The van der Waals surface area contributed by atoms with Gasteiger partial charge in [-0.15, -0.1) is 0 Å². The molecule has 3 aliphatic heterocycles. The Hall–Kier alpha value is -1.89. The highest BCUT2D eigenvalue weighted by molar-refractivity contribution is 5.95. The summed E-state index contributed by atoms with van der Waals surface area (Å²) in [4.78, 5) is 29.5. The lowest BCUT2D eigenvalue weighted by molar-refractivity contribution is -0.130. The fourth-order valence-electron chi connectivity index (χ4n) is 5.42. The van der Waals surface area contributed by atoms with Gasteiger partial charge in [0, 0.05) is 50.9 Å². The van der Waals surface area contributed by atoms with E-state index in [2.05, 4.69) is 10.4 Å². The van der Waals surface area contributed by atoms with Crippen LogP contribution in [0.1, 0.15) is 61.5 Å². The van der Waals surface area contributed by atoms with Crippen molar-refractivity contribution >= 4 is 11.8 Å². The summed E-state index contributed by atoms with van der Waals surface area (Å²) in [5.41, 5.74) is 1.70. The molecule has 2 amide bonds. The maximum absolute atomic E-state index is 13.1. The zero-order chi connectivity index (χ0) is 20.4. The van der Waals surface area contributed by atoms with Crippen LogP contribution in [0.15, 0.2) is 6.20 Å². The molecule has 29 heavy (non-hydrogen) atoms. The van der Waals surface area contributed by atoms with Crippen LogP contribution in [0.2, 0.25) is 0 Å². The Labute approximate surface area is 173 Å². The van der Waals surface area contributed by atoms with Gasteiger partial charge >= 0.3 is 0 Å². The molecule has 0 saturated carbocycles. The minimum atomic E-state index is 0.127. The zero-order valence-electron chi connectivity index (χ0n) is 17.9. The number of nitrogens with zero attached hydrogens (tertiary/aromatic N) is 4. The Morgan fingerprint density at radius 1 is 1.21 bits per heavy atom. The lowest BCUT2D eigenvalue weighted by Crippen LogP contribution is -2.57. The number of nitrogens with one attached hydrogen (secondary N) is 1. The lowest BCUT2D eigenvalue weighted by atomic mass is 9.79. The number of carbonyl (C=O) groups is 2. The molecule has 0 spiro atoms. The molecule has 1 N–H and O–H groups in total. The summed E-state index contributed by atoms with van der Waals surface area (Å²) in [5.74, 6) is 1.46. The van der Waals surface area contributed by atoms with Gasteiger partial charge in [-0.3, -0.25) is 14.3 Å². The number of amides is 2. The Morgan fingerprint density at radius 3 is 2.72 bits per heavy atom. The molecule has 0 radical (unpaired) electrons. The molecule has 1 aromatic rings. The van der Waals surface area contributed by atoms with E-state index in [0.717, 1.165) is 76.2 Å². The number of aryl methyl sites for hydroxylation is 1. The highest BCUT2D eigenvalue weighted by atomic mass is 16.2. The first-order valence-corrected chi connectivity index (χ1v) is 11.4. The number of aromatic nitrogens is 2. The maximum atomic E-state index is 13.1. The van der Waals surface area contributed by atoms with Crippen LogP contribution >= 0.6 is 0 Å². The van der Waals surface area contributed by atoms with E-state index >= 15 is 0 Å². The van der Waals surface area contributed by atoms with Gasteiger partial charge in [0.25, 0.3) is 5.91 Å². The van der Waals surface area contributed by atoms with Gasteiger partial charge in [0.05, 0.1) is 11.8 Å². The Bertz CT molecular complexity index is 740. The van der Waals surface area contributed by atoms with E-state index in [4.69, 9.17) is 0 Å². The summed E-state index contributed by atoms with van der Waals surface area (Å²) >= 11 is 0. The molecule has 7 nitrogen and oxygen atoms in total. The summed E-state index contributed by atoms with van der Waals surface area (Å²) < 4.78 is 1.89. The zero-order valence-corrected chi connectivity index (χ0v) is 17.9. The summed E-state index contributed by atoms with van der Waals surface area (Å²) in [5, 5.41) is 8.06. The van der Waals surface area contributed by atoms with E-state index in [1.54, 1.807) is 6.20 Å². The molecule has 4 rings (SSSR count). The standard InChI is InChI=1S/C22H35N5O2/c1-3-27-16(2)19(13-24-27)22(29)26-14-17-11-18(15-26)20(23-12-17)7-6-8-21(28)25-9-4-5-10-25/h13,17-18,20,23H,3-12,14-15H2,1-2H3/t17?,18?,20-/m1/s1. The van der Waals surface area contributed by atoms with Crippen molar-refractivity contribution in [1.29, 1.82) is 0 Å². The van der Waals surface area contributed by atoms with Crippen LogP contribution in [-0.2, 0) is 11.3 Å². The molecule has 0 aromatic carbocycles. The average Bonchev–Trinajstić information content (AvgIpc) is 3.39. The molecular weight excluding hydrogens is 366 g/mol. The van der Waals surface area contributed by atoms with Crippen LogP contribution in [0, 0.1) is 18.8 Å². The Kier molecular flexibility index (Phi) is 6.23. The van der Waals surface area contributed by atoms with E-state index in [1.165, 1.54) is 6.42 Å². The minimum Gasteiger partial charge on any atom is -0.343 e. The predicted molar refractivity (Wildman–Crippen MR) is 112 cm³/mol. The molecular formula is C22H35N5O2. The van der Waals surface area contributed by atoms with E-state index in [1.807, 2.05) is 28.3 Å². The number of rotatable bonds is 6. The van der Waals surface area contributed by atoms with Gasteiger partial charge in [-0.2, -0.15) is 5.10 Å². The van der Waals surface area contributed by atoms with Gasteiger partial charge in [0.1, 0.15) is 0 Å². The van der Waals surface area contributed by atoms with Crippen molar-refractivity contribution in [1.82, 2.24) is 24.9 Å². The fraction of sp³-hybridized carbons (Fsp3) is 0.773. The van der Waals surface area contributed by atoms with E-state index in [9.17, 15) is 9.59 Å². The van der Waals surface area contributed by atoms with E-state index in [0.29, 0.717) is 30.2 Å². The number of hydrogen-bond donors (Lipinski definition) is 1. The molecule has 0 aliphatic carbocycles. The van der Waals surface area contributed by atoms with Crippen molar-refractivity contribution in [2.45, 2.75) is 65.0 Å². The normalized spacial score (nSPS) is 26.8. The average molecular weight is 402 g/mol. The van der Waals surface area contributed by atoms with Gasteiger partial charge in [-0.1, -0.05) is 0 Å². The van der Waals surface area contributed by atoms with Crippen LogP contribution in [0.25, 0.3) is 0 Å². The van der Waals surface area contributed by atoms with Crippen molar-refractivity contribution in [3.05, 3.63) is 17.5 Å². The molecule has 1 aromatic heterocycles. The largest absolute Gasteiger partial charge is 0.343 e. The second kappa shape index (κ2) is 8.86. The van der Waals surface area contributed by atoms with Gasteiger partial charge in [-0.05, 0) is 64.3 Å². The van der Waals surface area contributed by atoms with Gasteiger partial charge in [-0.25, -0.2) is 0 Å². The Morgan fingerprint density at radius 2 is 2.00 bits per heavy atom. The number of carbonyl (C=O) groups excluding carboxylic acids is 2. The third-order valence-corrected chi connectivity index (χ3v) is 7.09. The highest BCUT2D eigenvalue weighted by Crippen LogP contribution is 2.31. The first-order chi connectivity index (χ1) is 14.1. The van der Waals surface area contributed by atoms with Crippen molar-refractivity contribution in [2.75, 3.05) is 32.7 Å². The van der Waals surface area contributed by atoms with Crippen LogP contribution in [-0.4, -0.2) is 70.2 Å². The highest BCUT2D eigenvalue weighted by Gasteiger charge is 2.38. The topological polar surface area (TPSA) is 70.5 Å². The smallest absolute Gasteiger partial charge is 0.257 e. The van der Waals surface area contributed by atoms with Crippen molar-refractivity contribution in [3.8, 4) is 0 Å². The van der Waals surface area contributed by atoms with Crippen LogP contribution < -0.4 is 5.32 Å². The molecule has 2 bridgehead atoms. The number of piperidine rings is 2. The van der Waals surface area contributed by atoms with Crippen LogP contribution in [0.3, 0.4) is 0 Å². The molecule has 3 atom stereocenters. The number of likely N-dealkylation sites (tertiary alicyclic amines) is 2. The number of hydrogen-bond acceptors (Lipinski definition) is 4. The molecule has 2 unspecified atom stereocenters. The third kappa shape index (κ3) is 4.34. The number of fused-ring (bicyclic) bond motifs is 2. The summed E-state index contributed by atoms with van der Waals surface area (Å²) in [6.45, 7) is 9.31. The molecule has 3 saturated heterocycles. The predicted octanol–water partition coefficient (Wildman–Crippen LogP) is 2.05. The summed E-state index contributed by atoms with van der Waals surface area (Å²) in [6, 6.07) is 0.410. The summed E-state index contributed by atoms with van der Waals surface area (Å²) in [6.07, 6.45) is 7.84. The first-order valence-electron chi connectivity index (χ1n) is 11.4. The molecule has 3 aliphatic rings. The quantitative estimate of drug-likeness (QED) is 0.792. The van der Waals surface area contributed by atoms with Crippen molar-refractivity contribution in [3.63, 3.8) is 0 Å². The third-order valence-electron chi connectivity index (χ3n) is 7.09. The first kappa shape index (κ1) is 20.4. The lowest BCUT2D eigenvalue weighted by Gasteiger charge is -2.46. The summed E-state index contributed by atoms with van der Waals surface area (Å²) in [7, 11) is 0. The van der Waals surface area contributed by atoms with Gasteiger partial charge < -0.3 is 15.1 Å². The molecule has 4 heterocycles. The van der Waals surface area contributed by atoms with Crippen molar-refractivity contribution < 1.29 is 9.59 Å². The van der Waals surface area contributed by atoms with Gasteiger partial charge in [0.15, 0.2) is 0 Å². The minimum absolute atomic E-state index is 0.127. The van der Waals surface area contributed by atoms with Crippen LogP contribution in [0.4, 0.5) is 0 Å². The Balaban J connectivity index is 1.32. The molecule has 3 fully saturated rings. The van der Waals surface area contributed by atoms with Crippen molar-refractivity contribution in [2.24, 2.45) is 11.8 Å². The fourth-order valence-corrected chi connectivity index (χ4v) is 5.42. The van der Waals surface area contributed by atoms with E-state index < -0.39 is 0 Å². The SMILES string of the molecule is CCn1ncc(C(=O)N2CC3CN[C@H](CCCC(=O)N4CCCC4)C(C3)C2)c1C. The maximum Gasteiger partial charge on any atom is 0.257 e. The van der Waals surface area contributed by atoms with Crippen LogP contribution in [0.5, 0.6) is 0 Å². The molecule has 7 heteroatoms. The monoisotopic (exact) mass is 401 g/mol.